The molecule has 0 spiro atoms. The zero-order valence-electron chi connectivity index (χ0n) is 9.92. The number of nitrogens with zero attached hydrogens (tertiary/aromatic N) is 1. The van der Waals surface area contributed by atoms with E-state index in [0.717, 1.165) is 16.7 Å². The Labute approximate surface area is 109 Å². The molecule has 0 fully saturated rings. The summed E-state index contributed by atoms with van der Waals surface area (Å²) < 4.78 is 0. The van der Waals surface area contributed by atoms with Gasteiger partial charge in [0.1, 0.15) is 0 Å². The molecule has 2 aromatic rings. The summed E-state index contributed by atoms with van der Waals surface area (Å²) in [7, 11) is 0. The predicted molar refractivity (Wildman–Crippen MR) is 70.9 cm³/mol. The predicted octanol–water partition coefficient (Wildman–Crippen LogP) is 2.76. The van der Waals surface area contributed by atoms with Crippen molar-refractivity contribution >= 4 is 17.3 Å². The van der Waals surface area contributed by atoms with Crippen molar-refractivity contribution in [1.82, 2.24) is 0 Å². The first-order valence-corrected chi connectivity index (χ1v) is 5.82. The van der Waals surface area contributed by atoms with Crippen molar-refractivity contribution in [3.63, 3.8) is 0 Å². The van der Waals surface area contributed by atoms with Gasteiger partial charge in [-0.2, -0.15) is 0 Å². The fourth-order valence-electron chi connectivity index (χ4n) is 2.29. The highest BCUT2D eigenvalue weighted by Crippen LogP contribution is 2.37. The first-order valence-electron chi connectivity index (χ1n) is 5.82. The highest BCUT2D eigenvalue weighted by molar-refractivity contribution is 6.02. The van der Waals surface area contributed by atoms with Gasteiger partial charge in [-0.05, 0) is 16.7 Å². The Morgan fingerprint density at radius 1 is 1.16 bits per heavy atom. The number of carbonyl (C=O) groups excluding carboxylic acids is 1. The normalized spacial score (nSPS) is 12.9. The molecule has 1 aliphatic heterocycles. The Bertz CT molecular complexity index is 681. The Balaban J connectivity index is 2.24. The highest BCUT2D eigenvalue weighted by Gasteiger charge is 2.25. The zero-order chi connectivity index (χ0) is 13.4. The van der Waals surface area contributed by atoms with E-state index in [1.165, 1.54) is 12.1 Å². The number of nitro benzene ring substituents is 1. The van der Waals surface area contributed by atoms with Crippen molar-refractivity contribution in [3.8, 4) is 11.1 Å². The van der Waals surface area contributed by atoms with Gasteiger partial charge in [-0.1, -0.05) is 30.3 Å². The molecule has 0 saturated carbocycles. The number of carbonyl (C=O) groups is 1. The first kappa shape index (κ1) is 11.4. The van der Waals surface area contributed by atoms with Crippen LogP contribution in [0.5, 0.6) is 0 Å². The van der Waals surface area contributed by atoms with E-state index < -0.39 is 4.92 Å². The fraction of sp³-hybridized carbons (Fsp3) is 0.0714. The van der Waals surface area contributed by atoms with Crippen LogP contribution in [0.15, 0.2) is 42.5 Å². The summed E-state index contributed by atoms with van der Waals surface area (Å²) in [5.41, 5.74) is 2.96. The summed E-state index contributed by atoms with van der Waals surface area (Å²) in [5, 5.41) is 13.6. The van der Waals surface area contributed by atoms with Crippen LogP contribution in [0.3, 0.4) is 0 Å². The summed E-state index contributed by atoms with van der Waals surface area (Å²) >= 11 is 0. The van der Waals surface area contributed by atoms with Gasteiger partial charge in [-0.25, -0.2) is 0 Å². The monoisotopic (exact) mass is 254 g/mol. The third-order valence-corrected chi connectivity index (χ3v) is 3.14. The molecule has 1 aliphatic rings. The number of hydrogen-bond donors (Lipinski definition) is 1. The maximum Gasteiger partial charge on any atom is 0.272 e. The van der Waals surface area contributed by atoms with Crippen LogP contribution in [0.2, 0.25) is 0 Å². The van der Waals surface area contributed by atoms with Crippen molar-refractivity contribution in [3.05, 3.63) is 58.1 Å². The molecule has 19 heavy (non-hydrogen) atoms. The summed E-state index contributed by atoms with van der Waals surface area (Å²) in [4.78, 5) is 22.0. The molecule has 0 saturated heterocycles. The summed E-state index contributed by atoms with van der Waals surface area (Å²) in [5.74, 6) is -0.132. The van der Waals surface area contributed by atoms with Gasteiger partial charge in [0.15, 0.2) is 0 Å². The second-order valence-corrected chi connectivity index (χ2v) is 4.37. The molecule has 5 nitrogen and oxygen atoms in total. The lowest BCUT2D eigenvalue weighted by molar-refractivity contribution is -0.384. The van der Waals surface area contributed by atoms with Crippen molar-refractivity contribution < 1.29 is 9.72 Å². The SMILES string of the molecule is O=C1Cc2c(cc([N+](=O)[O-])cc2-c2ccccc2)N1. The van der Waals surface area contributed by atoms with Gasteiger partial charge >= 0.3 is 0 Å². The quantitative estimate of drug-likeness (QED) is 0.661. The number of non-ortho nitro benzene ring substituents is 1. The van der Waals surface area contributed by atoms with Crippen LogP contribution in [0.1, 0.15) is 5.56 Å². The molecule has 1 amide bonds. The van der Waals surface area contributed by atoms with Gasteiger partial charge in [-0.15, -0.1) is 0 Å². The number of fused-ring (bicyclic) bond motifs is 1. The van der Waals surface area contributed by atoms with Crippen molar-refractivity contribution in [1.29, 1.82) is 0 Å². The van der Waals surface area contributed by atoms with Gasteiger partial charge in [0, 0.05) is 12.1 Å². The molecule has 0 radical (unpaired) electrons. The molecular weight excluding hydrogens is 244 g/mol. The Morgan fingerprint density at radius 2 is 1.89 bits per heavy atom. The van der Waals surface area contributed by atoms with E-state index in [1.807, 2.05) is 30.3 Å². The number of hydrogen-bond acceptors (Lipinski definition) is 3. The standard InChI is InChI=1S/C14H10N2O3/c17-14-8-12-11(9-4-2-1-3-5-9)6-10(16(18)19)7-13(12)15-14/h1-7H,8H2,(H,15,17). The molecule has 5 heteroatoms. The molecule has 2 aromatic carbocycles. The lowest BCUT2D eigenvalue weighted by Crippen LogP contribution is -2.03. The number of nitrogens with one attached hydrogen (secondary N) is 1. The summed E-state index contributed by atoms with van der Waals surface area (Å²) in [6.07, 6.45) is 0.261. The molecule has 3 rings (SSSR count). The lowest BCUT2D eigenvalue weighted by atomic mass is 9.97. The van der Waals surface area contributed by atoms with Crippen LogP contribution < -0.4 is 5.32 Å². The van der Waals surface area contributed by atoms with Crippen molar-refractivity contribution in [2.24, 2.45) is 0 Å². The van der Waals surface area contributed by atoms with Gasteiger partial charge in [0.2, 0.25) is 5.91 Å². The zero-order valence-corrected chi connectivity index (χ0v) is 9.92. The number of nitro groups is 1. The third kappa shape index (κ3) is 1.95. The second kappa shape index (κ2) is 4.20. The van der Waals surface area contributed by atoms with Crippen molar-refractivity contribution in [2.75, 3.05) is 5.32 Å². The van der Waals surface area contributed by atoms with E-state index in [4.69, 9.17) is 0 Å². The van der Waals surface area contributed by atoms with Crippen LogP contribution in [0.4, 0.5) is 11.4 Å². The Hall–Kier alpha value is -2.69. The van der Waals surface area contributed by atoms with E-state index in [9.17, 15) is 14.9 Å². The minimum atomic E-state index is -0.447. The molecular formula is C14H10N2O3. The lowest BCUT2D eigenvalue weighted by Gasteiger charge is -2.07. The van der Waals surface area contributed by atoms with Crippen LogP contribution in [-0.4, -0.2) is 10.8 Å². The van der Waals surface area contributed by atoms with Crippen LogP contribution in [0, 0.1) is 10.1 Å². The van der Waals surface area contributed by atoms with Crippen LogP contribution in [0.25, 0.3) is 11.1 Å². The summed E-state index contributed by atoms with van der Waals surface area (Å²) in [6, 6.07) is 12.3. The minimum Gasteiger partial charge on any atom is -0.325 e. The number of anilines is 1. The molecule has 0 bridgehead atoms. The average molecular weight is 254 g/mol. The molecule has 0 unspecified atom stereocenters. The van der Waals surface area contributed by atoms with E-state index >= 15 is 0 Å². The maximum absolute atomic E-state index is 11.5. The minimum absolute atomic E-state index is 0.0141. The Morgan fingerprint density at radius 3 is 2.58 bits per heavy atom. The first-order chi connectivity index (χ1) is 9.15. The van der Waals surface area contributed by atoms with E-state index in [-0.39, 0.29) is 18.0 Å². The highest BCUT2D eigenvalue weighted by atomic mass is 16.6. The number of benzene rings is 2. The van der Waals surface area contributed by atoms with Gasteiger partial charge in [0.05, 0.1) is 17.0 Å². The largest absolute Gasteiger partial charge is 0.325 e. The molecule has 1 heterocycles. The molecule has 0 aromatic heterocycles. The number of rotatable bonds is 2. The van der Waals surface area contributed by atoms with Crippen molar-refractivity contribution in [2.45, 2.75) is 6.42 Å². The van der Waals surface area contributed by atoms with Gasteiger partial charge in [0.25, 0.3) is 5.69 Å². The number of amides is 1. The second-order valence-electron chi connectivity index (χ2n) is 4.37. The van der Waals surface area contributed by atoms with E-state index in [1.54, 1.807) is 0 Å². The van der Waals surface area contributed by atoms with E-state index in [0.29, 0.717) is 5.69 Å². The molecule has 1 N–H and O–H groups in total. The average Bonchev–Trinajstić information content (AvgIpc) is 2.78. The molecule has 94 valence electrons. The molecule has 0 aliphatic carbocycles. The van der Waals surface area contributed by atoms with E-state index in [2.05, 4.69) is 5.32 Å². The topological polar surface area (TPSA) is 72.2 Å². The van der Waals surface area contributed by atoms with Gasteiger partial charge in [-0.3, -0.25) is 14.9 Å². The van der Waals surface area contributed by atoms with Gasteiger partial charge < -0.3 is 5.32 Å². The molecule has 0 atom stereocenters. The smallest absolute Gasteiger partial charge is 0.272 e. The Kier molecular flexibility index (Phi) is 2.52. The fourth-order valence-corrected chi connectivity index (χ4v) is 2.29. The summed E-state index contributed by atoms with van der Waals surface area (Å²) in [6.45, 7) is 0. The maximum atomic E-state index is 11.5. The van der Waals surface area contributed by atoms with Crippen LogP contribution >= 0.6 is 0 Å². The third-order valence-electron chi connectivity index (χ3n) is 3.14. The van der Waals surface area contributed by atoms with Crippen LogP contribution in [-0.2, 0) is 11.2 Å².